The summed E-state index contributed by atoms with van der Waals surface area (Å²) >= 11 is 0. The third-order valence-electron chi connectivity index (χ3n) is 3.15. The molecule has 0 spiro atoms. The molecule has 2 rings (SSSR count). The quantitative estimate of drug-likeness (QED) is 0.687. The Hall–Kier alpha value is -0.570. The van der Waals surface area contributed by atoms with Crippen LogP contribution in [0.15, 0.2) is 0 Å². The van der Waals surface area contributed by atoms with Gasteiger partial charge in [0.05, 0.1) is 12.5 Å². The molecule has 0 bridgehead atoms. The second kappa shape index (κ2) is 3.66. The molecule has 1 amide bonds. The van der Waals surface area contributed by atoms with Crippen molar-refractivity contribution in [2.75, 3.05) is 13.1 Å². The predicted octanol–water partition coefficient (Wildman–Crippen LogP) is 0.770. The SMILES string of the molecule is O=C1CC(O)CN1CC1CCCC1. The summed E-state index contributed by atoms with van der Waals surface area (Å²) in [6, 6.07) is 0. The third-order valence-corrected chi connectivity index (χ3v) is 3.15. The van der Waals surface area contributed by atoms with Crippen LogP contribution in [0.25, 0.3) is 0 Å². The van der Waals surface area contributed by atoms with Crippen molar-refractivity contribution in [3.8, 4) is 0 Å². The minimum absolute atomic E-state index is 0.138. The number of hydrogen-bond donors (Lipinski definition) is 1. The zero-order valence-electron chi connectivity index (χ0n) is 7.91. The highest BCUT2D eigenvalue weighted by Crippen LogP contribution is 2.26. The van der Waals surface area contributed by atoms with E-state index in [1.807, 2.05) is 4.90 Å². The van der Waals surface area contributed by atoms with Gasteiger partial charge in [-0.3, -0.25) is 4.79 Å². The fourth-order valence-corrected chi connectivity index (χ4v) is 2.43. The average Bonchev–Trinajstić information content (AvgIpc) is 2.63. The molecule has 13 heavy (non-hydrogen) atoms. The molecule has 1 aliphatic heterocycles. The van der Waals surface area contributed by atoms with Crippen LogP contribution in [0.4, 0.5) is 0 Å². The van der Waals surface area contributed by atoms with Gasteiger partial charge in [0.1, 0.15) is 0 Å². The van der Waals surface area contributed by atoms with Crippen molar-refractivity contribution in [3.05, 3.63) is 0 Å². The van der Waals surface area contributed by atoms with E-state index in [4.69, 9.17) is 0 Å². The summed E-state index contributed by atoms with van der Waals surface area (Å²) in [4.78, 5) is 13.2. The molecule has 0 radical (unpaired) electrons. The van der Waals surface area contributed by atoms with E-state index in [-0.39, 0.29) is 5.91 Å². The minimum Gasteiger partial charge on any atom is -0.391 e. The Kier molecular flexibility index (Phi) is 2.54. The van der Waals surface area contributed by atoms with E-state index in [1.165, 1.54) is 25.7 Å². The Labute approximate surface area is 78.7 Å². The summed E-state index contributed by atoms with van der Waals surface area (Å²) in [5.41, 5.74) is 0. The van der Waals surface area contributed by atoms with E-state index in [0.29, 0.717) is 18.9 Å². The maximum atomic E-state index is 11.3. The number of amides is 1. The first kappa shape index (κ1) is 9.00. The molecule has 2 aliphatic rings. The number of likely N-dealkylation sites (tertiary alicyclic amines) is 1. The number of carbonyl (C=O) groups is 1. The zero-order valence-corrected chi connectivity index (χ0v) is 7.91. The fraction of sp³-hybridized carbons (Fsp3) is 0.900. The summed E-state index contributed by atoms with van der Waals surface area (Å²) in [5, 5.41) is 9.28. The van der Waals surface area contributed by atoms with Crippen LogP contribution in [-0.2, 0) is 4.79 Å². The normalized spacial score (nSPS) is 30.4. The number of nitrogens with zero attached hydrogens (tertiary/aromatic N) is 1. The van der Waals surface area contributed by atoms with Crippen LogP contribution in [0, 0.1) is 5.92 Å². The number of carbonyl (C=O) groups excluding carboxylic acids is 1. The molecule has 2 fully saturated rings. The van der Waals surface area contributed by atoms with Gasteiger partial charge in [-0.05, 0) is 18.8 Å². The number of β-amino-alcohol motifs (C(OH)–C–C–N with tert-alkyl or cyclic N) is 1. The fourth-order valence-electron chi connectivity index (χ4n) is 2.43. The monoisotopic (exact) mass is 183 g/mol. The lowest BCUT2D eigenvalue weighted by Crippen LogP contribution is -2.30. The lowest BCUT2D eigenvalue weighted by atomic mass is 10.1. The summed E-state index contributed by atoms with van der Waals surface area (Å²) in [6.07, 6.45) is 5.09. The van der Waals surface area contributed by atoms with Gasteiger partial charge >= 0.3 is 0 Å². The highest BCUT2D eigenvalue weighted by molar-refractivity contribution is 5.78. The van der Waals surface area contributed by atoms with Crippen molar-refractivity contribution < 1.29 is 9.90 Å². The molecule has 1 saturated heterocycles. The molecule has 1 atom stereocenters. The van der Waals surface area contributed by atoms with Crippen molar-refractivity contribution in [2.24, 2.45) is 5.92 Å². The van der Waals surface area contributed by atoms with E-state index in [2.05, 4.69) is 0 Å². The van der Waals surface area contributed by atoms with Gasteiger partial charge in [0, 0.05) is 13.1 Å². The van der Waals surface area contributed by atoms with Gasteiger partial charge in [-0.1, -0.05) is 12.8 Å². The summed E-state index contributed by atoms with van der Waals surface area (Å²) in [5.74, 6) is 0.841. The second-order valence-corrected chi connectivity index (χ2v) is 4.31. The summed E-state index contributed by atoms with van der Waals surface area (Å²) in [7, 11) is 0. The number of rotatable bonds is 2. The lowest BCUT2D eigenvalue weighted by molar-refractivity contribution is -0.128. The number of aliphatic hydroxyl groups excluding tert-OH is 1. The molecule has 3 nitrogen and oxygen atoms in total. The molecule has 3 heteroatoms. The average molecular weight is 183 g/mol. The van der Waals surface area contributed by atoms with Crippen LogP contribution < -0.4 is 0 Å². The summed E-state index contributed by atoms with van der Waals surface area (Å²) in [6.45, 7) is 1.45. The number of hydrogen-bond acceptors (Lipinski definition) is 2. The van der Waals surface area contributed by atoms with Gasteiger partial charge in [0.15, 0.2) is 0 Å². The Bertz CT molecular complexity index is 199. The largest absolute Gasteiger partial charge is 0.391 e. The molecule has 1 unspecified atom stereocenters. The predicted molar refractivity (Wildman–Crippen MR) is 49.2 cm³/mol. The topological polar surface area (TPSA) is 40.5 Å². The van der Waals surface area contributed by atoms with E-state index < -0.39 is 6.10 Å². The Morgan fingerprint density at radius 3 is 2.62 bits per heavy atom. The zero-order chi connectivity index (χ0) is 9.26. The molecule has 0 aromatic rings. The van der Waals surface area contributed by atoms with Gasteiger partial charge in [-0.25, -0.2) is 0 Å². The molecular weight excluding hydrogens is 166 g/mol. The van der Waals surface area contributed by atoms with Crippen molar-refractivity contribution in [1.82, 2.24) is 4.90 Å². The second-order valence-electron chi connectivity index (χ2n) is 4.31. The maximum absolute atomic E-state index is 11.3. The van der Waals surface area contributed by atoms with Gasteiger partial charge < -0.3 is 10.0 Å². The molecule has 1 heterocycles. The lowest BCUT2D eigenvalue weighted by Gasteiger charge is -2.19. The highest BCUT2D eigenvalue weighted by atomic mass is 16.3. The van der Waals surface area contributed by atoms with Crippen LogP contribution in [0.5, 0.6) is 0 Å². The van der Waals surface area contributed by atoms with Crippen molar-refractivity contribution in [2.45, 2.75) is 38.2 Å². The molecule has 74 valence electrons. The smallest absolute Gasteiger partial charge is 0.225 e. The first-order chi connectivity index (χ1) is 6.25. The molecular formula is C10H17NO2. The van der Waals surface area contributed by atoms with Crippen LogP contribution in [0.1, 0.15) is 32.1 Å². The van der Waals surface area contributed by atoms with Gasteiger partial charge in [-0.2, -0.15) is 0 Å². The summed E-state index contributed by atoms with van der Waals surface area (Å²) < 4.78 is 0. The Morgan fingerprint density at radius 2 is 2.08 bits per heavy atom. The molecule has 1 aliphatic carbocycles. The van der Waals surface area contributed by atoms with Crippen LogP contribution in [0.2, 0.25) is 0 Å². The molecule has 1 saturated carbocycles. The Morgan fingerprint density at radius 1 is 1.38 bits per heavy atom. The first-order valence-electron chi connectivity index (χ1n) is 5.21. The minimum atomic E-state index is -0.408. The number of aliphatic hydroxyl groups is 1. The van der Waals surface area contributed by atoms with E-state index in [1.54, 1.807) is 0 Å². The molecule has 1 N–H and O–H groups in total. The van der Waals surface area contributed by atoms with Gasteiger partial charge in [0.25, 0.3) is 0 Å². The van der Waals surface area contributed by atoms with E-state index >= 15 is 0 Å². The van der Waals surface area contributed by atoms with Gasteiger partial charge in [0.2, 0.25) is 5.91 Å². The standard InChI is InChI=1S/C10H17NO2/c12-9-5-10(13)11(7-9)6-8-3-1-2-4-8/h8-9,12H,1-7H2. The van der Waals surface area contributed by atoms with Crippen molar-refractivity contribution >= 4 is 5.91 Å². The van der Waals surface area contributed by atoms with E-state index in [0.717, 1.165) is 6.54 Å². The Balaban J connectivity index is 1.83. The van der Waals surface area contributed by atoms with Crippen molar-refractivity contribution in [3.63, 3.8) is 0 Å². The molecule has 0 aromatic heterocycles. The van der Waals surface area contributed by atoms with Crippen molar-refractivity contribution in [1.29, 1.82) is 0 Å². The molecule has 0 aromatic carbocycles. The van der Waals surface area contributed by atoms with E-state index in [9.17, 15) is 9.90 Å². The first-order valence-corrected chi connectivity index (χ1v) is 5.21. The third kappa shape index (κ3) is 2.02. The maximum Gasteiger partial charge on any atom is 0.225 e. The van der Waals surface area contributed by atoms with Gasteiger partial charge in [-0.15, -0.1) is 0 Å². The van der Waals surface area contributed by atoms with Crippen LogP contribution in [-0.4, -0.2) is 35.1 Å². The van der Waals surface area contributed by atoms with Crippen LogP contribution >= 0.6 is 0 Å². The highest BCUT2D eigenvalue weighted by Gasteiger charge is 2.30. The van der Waals surface area contributed by atoms with Crippen LogP contribution in [0.3, 0.4) is 0 Å².